The summed E-state index contributed by atoms with van der Waals surface area (Å²) in [6.07, 6.45) is 2.96. The Morgan fingerprint density at radius 1 is 1.69 bits per heavy atom. The molecular formula is C9H15NO3. The number of ether oxygens (including phenoxy) is 2. The minimum Gasteiger partial charge on any atom is -0.468 e. The molecule has 0 spiro atoms. The summed E-state index contributed by atoms with van der Waals surface area (Å²) in [5.74, 6) is -0.206. The van der Waals surface area contributed by atoms with E-state index in [-0.39, 0.29) is 18.2 Å². The molecule has 3 atom stereocenters. The average Bonchev–Trinajstić information content (AvgIpc) is 2.75. The van der Waals surface area contributed by atoms with Gasteiger partial charge in [0.2, 0.25) is 0 Å². The second kappa shape index (κ2) is 2.96. The van der Waals surface area contributed by atoms with Crippen molar-refractivity contribution in [2.24, 2.45) is 11.1 Å². The lowest BCUT2D eigenvalue weighted by Crippen LogP contribution is -2.46. The smallest absolute Gasteiger partial charge is 0.315 e. The van der Waals surface area contributed by atoms with Crippen LogP contribution in [0.25, 0.3) is 0 Å². The van der Waals surface area contributed by atoms with Gasteiger partial charge in [-0.1, -0.05) is 0 Å². The van der Waals surface area contributed by atoms with Gasteiger partial charge in [0.1, 0.15) is 5.41 Å². The van der Waals surface area contributed by atoms with Crippen LogP contribution in [0.2, 0.25) is 0 Å². The first-order valence-corrected chi connectivity index (χ1v) is 4.67. The van der Waals surface area contributed by atoms with Crippen LogP contribution in [0.5, 0.6) is 0 Å². The lowest BCUT2D eigenvalue weighted by Gasteiger charge is -2.30. The first-order chi connectivity index (χ1) is 6.23. The Morgan fingerprint density at radius 2 is 2.46 bits per heavy atom. The van der Waals surface area contributed by atoms with Crippen LogP contribution in [0.4, 0.5) is 0 Å². The molecule has 0 aromatic carbocycles. The molecule has 0 saturated carbocycles. The van der Waals surface area contributed by atoms with Crippen molar-refractivity contribution in [3.8, 4) is 0 Å². The lowest BCUT2D eigenvalue weighted by atomic mass is 9.74. The fourth-order valence-electron chi connectivity index (χ4n) is 2.52. The normalized spacial score (nSPS) is 42.3. The summed E-state index contributed by atoms with van der Waals surface area (Å²) in [6, 6.07) is 0. The second-order valence-corrected chi connectivity index (χ2v) is 3.88. The van der Waals surface area contributed by atoms with Gasteiger partial charge in [-0.25, -0.2) is 0 Å². The molecule has 0 aliphatic carbocycles. The molecule has 4 heteroatoms. The molecule has 2 fully saturated rings. The van der Waals surface area contributed by atoms with Crippen molar-refractivity contribution in [3.05, 3.63) is 0 Å². The van der Waals surface area contributed by atoms with Crippen LogP contribution >= 0.6 is 0 Å². The van der Waals surface area contributed by atoms with Gasteiger partial charge in [0.05, 0.1) is 19.3 Å². The minimum atomic E-state index is -0.544. The Kier molecular flexibility index (Phi) is 2.04. The van der Waals surface area contributed by atoms with Gasteiger partial charge in [-0.15, -0.1) is 0 Å². The topological polar surface area (TPSA) is 61.5 Å². The van der Waals surface area contributed by atoms with Crippen molar-refractivity contribution in [2.75, 3.05) is 13.7 Å². The van der Waals surface area contributed by atoms with Gasteiger partial charge in [-0.05, 0) is 19.3 Å². The Balaban J connectivity index is 2.21. The van der Waals surface area contributed by atoms with Crippen molar-refractivity contribution in [1.82, 2.24) is 0 Å². The predicted octanol–water partition coefficient (Wildman–Crippen LogP) is 0.0558. The molecule has 0 radical (unpaired) electrons. The predicted molar refractivity (Wildman–Crippen MR) is 46.0 cm³/mol. The van der Waals surface area contributed by atoms with Crippen LogP contribution in [-0.2, 0) is 14.3 Å². The third kappa shape index (κ3) is 1.09. The fraction of sp³-hybridized carbons (Fsp3) is 0.889. The maximum Gasteiger partial charge on any atom is 0.315 e. The van der Waals surface area contributed by atoms with Crippen molar-refractivity contribution < 1.29 is 14.3 Å². The number of esters is 1. The van der Waals surface area contributed by atoms with E-state index in [1.807, 2.05) is 0 Å². The Labute approximate surface area is 77.4 Å². The third-order valence-corrected chi connectivity index (χ3v) is 3.27. The van der Waals surface area contributed by atoms with Crippen LogP contribution in [0, 0.1) is 5.41 Å². The summed E-state index contributed by atoms with van der Waals surface area (Å²) in [4.78, 5) is 11.6. The van der Waals surface area contributed by atoms with Crippen molar-refractivity contribution in [1.29, 1.82) is 0 Å². The molecule has 2 aliphatic rings. The number of hydrogen-bond acceptors (Lipinski definition) is 4. The Bertz CT molecular complexity index is 231. The molecule has 2 N–H and O–H groups in total. The highest BCUT2D eigenvalue weighted by Crippen LogP contribution is 2.47. The number of fused-ring (bicyclic) bond motifs is 2. The number of rotatable bonds is 2. The molecule has 2 saturated heterocycles. The van der Waals surface area contributed by atoms with E-state index in [0.717, 1.165) is 19.3 Å². The van der Waals surface area contributed by atoms with Crippen molar-refractivity contribution in [2.45, 2.75) is 31.5 Å². The standard InChI is InChI=1S/C9H15NO3/c1-12-8(11)9(5-10)4-6-2-3-7(9)13-6/h6-7H,2-5,10H2,1H3/t6-,7+,9-/m1/s1. The van der Waals surface area contributed by atoms with Gasteiger partial charge in [0.15, 0.2) is 0 Å². The molecule has 0 aromatic heterocycles. The van der Waals surface area contributed by atoms with E-state index < -0.39 is 5.41 Å². The molecule has 0 aromatic rings. The van der Waals surface area contributed by atoms with Gasteiger partial charge >= 0.3 is 5.97 Å². The summed E-state index contributed by atoms with van der Waals surface area (Å²) in [7, 11) is 1.41. The highest BCUT2D eigenvalue weighted by Gasteiger charge is 2.57. The van der Waals surface area contributed by atoms with Crippen molar-refractivity contribution >= 4 is 5.97 Å². The highest BCUT2D eigenvalue weighted by atomic mass is 16.5. The Morgan fingerprint density at radius 3 is 2.85 bits per heavy atom. The SMILES string of the molecule is COC(=O)[C@@]1(CN)C[C@H]2CC[C@@H]1O2. The summed E-state index contributed by atoms with van der Waals surface area (Å²) >= 11 is 0. The quantitative estimate of drug-likeness (QED) is 0.618. The molecule has 2 heterocycles. The molecule has 0 amide bonds. The summed E-state index contributed by atoms with van der Waals surface area (Å²) in [6.45, 7) is 0.334. The highest BCUT2D eigenvalue weighted by molar-refractivity contribution is 5.78. The molecule has 2 bridgehead atoms. The van der Waals surface area contributed by atoms with E-state index in [9.17, 15) is 4.79 Å². The van der Waals surface area contributed by atoms with E-state index in [1.165, 1.54) is 7.11 Å². The third-order valence-electron chi connectivity index (χ3n) is 3.27. The van der Waals surface area contributed by atoms with Crippen LogP contribution in [-0.4, -0.2) is 31.8 Å². The van der Waals surface area contributed by atoms with E-state index in [1.54, 1.807) is 0 Å². The van der Waals surface area contributed by atoms with Gasteiger partial charge in [-0.2, -0.15) is 0 Å². The van der Waals surface area contributed by atoms with E-state index in [4.69, 9.17) is 15.2 Å². The van der Waals surface area contributed by atoms with E-state index in [2.05, 4.69) is 0 Å². The zero-order valence-corrected chi connectivity index (χ0v) is 7.79. The number of carbonyl (C=O) groups is 1. The molecule has 2 aliphatic heterocycles. The first-order valence-electron chi connectivity index (χ1n) is 4.67. The van der Waals surface area contributed by atoms with Crippen LogP contribution in [0.15, 0.2) is 0 Å². The molecule has 74 valence electrons. The van der Waals surface area contributed by atoms with Gasteiger partial charge in [-0.3, -0.25) is 4.79 Å². The zero-order chi connectivity index (χ0) is 9.47. The van der Waals surface area contributed by atoms with Gasteiger partial charge in [0.25, 0.3) is 0 Å². The fourth-order valence-corrected chi connectivity index (χ4v) is 2.52. The van der Waals surface area contributed by atoms with E-state index >= 15 is 0 Å². The zero-order valence-electron chi connectivity index (χ0n) is 7.79. The van der Waals surface area contributed by atoms with Crippen molar-refractivity contribution in [3.63, 3.8) is 0 Å². The maximum absolute atomic E-state index is 11.6. The number of carbonyl (C=O) groups excluding carboxylic acids is 1. The molecule has 0 unspecified atom stereocenters. The average molecular weight is 185 g/mol. The van der Waals surface area contributed by atoms with Crippen LogP contribution in [0.3, 0.4) is 0 Å². The number of methoxy groups -OCH3 is 1. The molecule has 13 heavy (non-hydrogen) atoms. The largest absolute Gasteiger partial charge is 0.468 e. The number of nitrogens with two attached hydrogens (primary N) is 1. The van der Waals surface area contributed by atoms with E-state index in [0.29, 0.717) is 6.54 Å². The summed E-state index contributed by atoms with van der Waals surface area (Å²) < 4.78 is 10.4. The number of hydrogen-bond donors (Lipinski definition) is 1. The first kappa shape index (κ1) is 8.97. The molecule has 2 rings (SSSR count). The molecule has 4 nitrogen and oxygen atoms in total. The minimum absolute atomic E-state index is 0.00468. The van der Waals surface area contributed by atoms with Crippen LogP contribution in [0.1, 0.15) is 19.3 Å². The molecular weight excluding hydrogens is 170 g/mol. The monoisotopic (exact) mass is 185 g/mol. The Hall–Kier alpha value is -0.610. The van der Waals surface area contributed by atoms with Gasteiger partial charge in [0, 0.05) is 6.54 Å². The van der Waals surface area contributed by atoms with Crippen LogP contribution < -0.4 is 5.73 Å². The lowest BCUT2D eigenvalue weighted by molar-refractivity contribution is -0.155. The maximum atomic E-state index is 11.6. The summed E-state index contributed by atoms with van der Waals surface area (Å²) in [5.41, 5.74) is 5.11. The van der Waals surface area contributed by atoms with Gasteiger partial charge < -0.3 is 15.2 Å². The summed E-state index contributed by atoms with van der Waals surface area (Å²) in [5, 5.41) is 0. The second-order valence-electron chi connectivity index (χ2n) is 3.88.